The van der Waals surface area contributed by atoms with Crippen LogP contribution in [-0.4, -0.2) is 18.4 Å². The molecule has 0 aromatic heterocycles. The van der Waals surface area contributed by atoms with E-state index in [0.717, 1.165) is 12.7 Å². The molecule has 0 amide bonds. The zero-order valence-electron chi connectivity index (χ0n) is 5.92. The highest BCUT2D eigenvalue weighted by Gasteiger charge is 2.26. The molecule has 1 saturated heterocycles. The maximum atomic E-state index is 10.2. The lowest BCUT2D eigenvalue weighted by Gasteiger charge is -2.06. The summed E-state index contributed by atoms with van der Waals surface area (Å²) in [6.07, 6.45) is 2.00. The van der Waals surface area contributed by atoms with Crippen molar-refractivity contribution in [3.05, 3.63) is 0 Å². The van der Waals surface area contributed by atoms with Gasteiger partial charge in [-0.2, -0.15) is 0 Å². The van der Waals surface area contributed by atoms with Crippen molar-refractivity contribution in [2.45, 2.75) is 32.4 Å². The number of carbonyl (C=O) groups is 1. The van der Waals surface area contributed by atoms with Gasteiger partial charge in [0.05, 0.1) is 6.04 Å². The largest absolute Gasteiger partial charge is 0.305 e. The Bertz CT molecular complexity index is 103. The van der Waals surface area contributed by atoms with Gasteiger partial charge in [0.25, 0.3) is 0 Å². The molecule has 0 saturated carbocycles. The van der Waals surface area contributed by atoms with E-state index in [1.165, 1.54) is 0 Å². The summed E-state index contributed by atoms with van der Waals surface area (Å²) in [6, 6.07) is 0.634. The number of hydrogen-bond donors (Lipinski definition) is 1. The van der Waals surface area contributed by atoms with Crippen LogP contribution in [0.5, 0.6) is 0 Å². The van der Waals surface area contributed by atoms with E-state index in [4.69, 9.17) is 0 Å². The quantitative estimate of drug-likeness (QED) is 0.522. The molecular weight excluding hydrogens is 114 g/mol. The Hall–Kier alpha value is -0.370. The molecular formula is C7H13NO. The van der Waals surface area contributed by atoms with Crippen molar-refractivity contribution in [2.75, 3.05) is 0 Å². The Balaban J connectivity index is 2.43. The van der Waals surface area contributed by atoms with E-state index in [1.54, 1.807) is 0 Å². The molecule has 1 aliphatic heterocycles. The molecule has 1 N–H and O–H groups in total. The first-order valence-electron chi connectivity index (χ1n) is 3.45. The lowest BCUT2D eigenvalue weighted by Crippen LogP contribution is -2.28. The summed E-state index contributed by atoms with van der Waals surface area (Å²) in [7, 11) is 0. The number of hydrogen-bond acceptors (Lipinski definition) is 2. The molecule has 0 aromatic rings. The minimum absolute atomic E-state index is 0.120. The molecule has 2 nitrogen and oxygen atoms in total. The number of carbonyl (C=O) groups excluding carboxylic acids is 1. The van der Waals surface area contributed by atoms with Gasteiger partial charge in [0.2, 0.25) is 0 Å². The smallest absolute Gasteiger partial charge is 0.136 e. The Labute approximate surface area is 55.6 Å². The van der Waals surface area contributed by atoms with Gasteiger partial charge in [-0.05, 0) is 19.3 Å². The minimum Gasteiger partial charge on any atom is -0.305 e. The molecule has 2 heteroatoms. The average Bonchev–Trinajstić information content (AvgIpc) is 2.13. The Morgan fingerprint density at radius 1 is 1.56 bits per heavy atom. The van der Waals surface area contributed by atoms with Crippen LogP contribution in [0.3, 0.4) is 0 Å². The molecule has 3 atom stereocenters. The van der Waals surface area contributed by atoms with Crippen molar-refractivity contribution >= 4 is 6.29 Å². The van der Waals surface area contributed by atoms with E-state index < -0.39 is 0 Å². The molecule has 52 valence electrons. The summed E-state index contributed by atoms with van der Waals surface area (Å²) in [6.45, 7) is 4.29. The van der Waals surface area contributed by atoms with Gasteiger partial charge in [-0.25, -0.2) is 0 Å². The molecule has 0 bridgehead atoms. The molecule has 1 heterocycles. The van der Waals surface area contributed by atoms with Crippen LogP contribution in [0, 0.1) is 5.92 Å². The normalized spacial score (nSPS) is 43.1. The Morgan fingerprint density at radius 3 is 2.44 bits per heavy atom. The molecule has 0 aromatic carbocycles. The van der Waals surface area contributed by atoms with E-state index in [1.807, 2.05) is 0 Å². The summed E-state index contributed by atoms with van der Waals surface area (Å²) in [5.41, 5.74) is 0. The van der Waals surface area contributed by atoms with Gasteiger partial charge >= 0.3 is 0 Å². The number of nitrogens with one attached hydrogen (secondary N) is 1. The van der Waals surface area contributed by atoms with Crippen LogP contribution < -0.4 is 5.32 Å². The van der Waals surface area contributed by atoms with E-state index in [2.05, 4.69) is 19.2 Å². The summed E-state index contributed by atoms with van der Waals surface area (Å²) in [4.78, 5) is 10.2. The average molecular weight is 127 g/mol. The van der Waals surface area contributed by atoms with Gasteiger partial charge in [0, 0.05) is 6.04 Å². The molecule has 0 unspecified atom stereocenters. The van der Waals surface area contributed by atoms with Crippen molar-refractivity contribution in [3.63, 3.8) is 0 Å². The SMILES string of the molecule is C[C@@H]1N[C@H](C=O)C[C@@H]1C. The highest BCUT2D eigenvalue weighted by Crippen LogP contribution is 2.17. The van der Waals surface area contributed by atoms with Crippen molar-refractivity contribution in [3.8, 4) is 0 Å². The zero-order chi connectivity index (χ0) is 6.85. The van der Waals surface area contributed by atoms with Crippen LogP contribution >= 0.6 is 0 Å². The fourth-order valence-electron chi connectivity index (χ4n) is 1.27. The second-order valence-electron chi connectivity index (χ2n) is 2.91. The van der Waals surface area contributed by atoms with E-state index in [0.29, 0.717) is 12.0 Å². The summed E-state index contributed by atoms with van der Waals surface area (Å²) in [5.74, 6) is 0.653. The standard InChI is InChI=1S/C7H13NO/c1-5-3-7(4-9)8-6(5)2/h4-8H,3H2,1-2H3/t5-,6-,7-/m0/s1. The predicted octanol–water partition coefficient (Wildman–Crippen LogP) is 0.572. The van der Waals surface area contributed by atoms with Crippen LogP contribution in [0.4, 0.5) is 0 Å². The van der Waals surface area contributed by atoms with Crippen LogP contribution in [0.2, 0.25) is 0 Å². The second kappa shape index (κ2) is 2.48. The second-order valence-corrected chi connectivity index (χ2v) is 2.91. The third-order valence-electron chi connectivity index (χ3n) is 2.12. The van der Waals surface area contributed by atoms with Gasteiger partial charge in [-0.1, -0.05) is 6.92 Å². The predicted molar refractivity (Wildman–Crippen MR) is 36.2 cm³/mol. The Morgan fingerprint density at radius 2 is 2.22 bits per heavy atom. The van der Waals surface area contributed by atoms with Crippen molar-refractivity contribution < 1.29 is 4.79 Å². The first-order valence-corrected chi connectivity index (χ1v) is 3.45. The Kier molecular flexibility index (Phi) is 1.86. The number of aldehydes is 1. The molecule has 1 fully saturated rings. The topological polar surface area (TPSA) is 29.1 Å². The van der Waals surface area contributed by atoms with Crippen molar-refractivity contribution in [1.82, 2.24) is 5.32 Å². The zero-order valence-corrected chi connectivity index (χ0v) is 5.92. The van der Waals surface area contributed by atoms with Crippen LogP contribution in [0.1, 0.15) is 20.3 Å². The lowest BCUT2D eigenvalue weighted by molar-refractivity contribution is -0.109. The van der Waals surface area contributed by atoms with E-state index >= 15 is 0 Å². The molecule has 1 rings (SSSR count). The molecule has 0 radical (unpaired) electrons. The van der Waals surface area contributed by atoms with Gasteiger partial charge in [0.1, 0.15) is 6.29 Å². The third kappa shape index (κ3) is 1.30. The summed E-state index contributed by atoms with van der Waals surface area (Å²) < 4.78 is 0. The summed E-state index contributed by atoms with van der Waals surface area (Å²) >= 11 is 0. The summed E-state index contributed by atoms with van der Waals surface area (Å²) in [5, 5.41) is 3.19. The fourth-order valence-corrected chi connectivity index (χ4v) is 1.27. The van der Waals surface area contributed by atoms with E-state index in [9.17, 15) is 4.79 Å². The van der Waals surface area contributed by atoms with Crippen LogP contribution in [0.25, 0.3) is 0 Å². The van der Waals surface area contributed by atoms with Crippen LogP contribution in [-0.2, 0) is 4.79 Å². The molecule has 1 aliphatic rings. The van der Waals surface area contributed by atoms with Crippen LogP contribution in [0.15, 0.2) is 0 Å². The van der Waals surface area contributed by atoms with Crippen molar-refractivity contribution in [1.29, 1.82) is 0 Å². The van der Waals surface area contributed by atoms with Crippen molar-refractivity contribution in [2.24, 2.45) is 5.92 Å². The molecule has 0 aliphatic carbocycles. The minimum atomic E-state index is 0.120. The monoisotopic (exact) mass is 127 g/mol. The van der Waals surface area contributed by atoms with Gasteiger partial charge < -0.3 is 10.1 Å². The third-order valence-corrected chi connectivity index (χ3v) is 2.12. The molecule has 0 spiro atoms. The highest BCUT2D eigenvalue weighted by atomic mass is 16.1. The number of rotatable bonds is 1. The van der Waals surface area contributed by atoms with Gasteiger partial charge in [-0.15, -0.1) is 0 Å². The van der Waals surface area contributed by atoms with Gasteiger partial charge in [-0.3, -0.25) is 0 Å². The first kappa shape index (κ1) is 6.75. The maximum absolute atomic E-state index is 10.2. The first-order chi connectivity index (χ1) is 4.24. The fraction of sp³-hybridized carbons (Fsp3) is 0.857. The lowest BCUT2D eigenvalue weighted by atomic mass is 10.0. The molecule has 9 heavy (non-hydrogen) atoms. The van der Waals surface area contributed by atoms with E-state index in [-0.39, 0.29) is 6.04 Å². The van der Waals surface area contributed by atoms with Gasteiger partial charge in [0.15, 0.2) is 0 Å². The highest BCUT2D eigenvalue weighted by molar-refractivity contribution is 5.58. The maximum Gasteiger partial charge on any atom is 0.136 e.